The molecule has 2 rings (SSSR count). The molecule has 1 unspecified atom stereocenters. The van der Waals surface area contributed by atoms with Crippen molar-refractivity contribution in [1.82, 2.24) is 10.4 Å². The predicted octanol–water partition coefficient (Wildman–Crippen LogP) is 2.87. The Morgan fingerprint density at radius 3 is 2.53 bits per heavy atom. The first-order chi connectivity index (χ1) is 9.13. The minimum absolute atomic E-state index is 0.00543. The van der Waals surface area contributed by atoms with Crippen LogP contribution in [-0.2, 0) is 6.42 Å². The molecule has 3 N–H and O–H groups in total. The Bertz CT molecular complexity index is 563. The Labute approximate surface area is 117 Å². The van der Waals surface area contributed by atoms with Crippen molar-refractivity contribution in [3.05, 3.63) is 63.9 Å². The van der Waals surface area contributed by atoms with Gasteiger partial charge in [0.2, 0.25) is 0 Å². The molecular formula is C13H12BrF2N3. The fourth-order valence-corrected chi connectivity index (χ4v) is 2.20. The van der Waals surface area contributed by atoms with Crippen LogP contribution in [0.4, 0.5) is 8.78 Å². The Hall–Kier alpha value is -1.37. The van der Waals surface area contributed by atoms with E-state index in [-0.39, 0.29) is 22.5 Å². The number of rotatable bonds is 4. The second-order valence-corrected chi connectivity index (χ2v) is 4.88. The number of aromatic nitrogens is 1. The molecule has 2 aromatic rings. The van der Waals surface area contributed by atoms with Crippen LogP contribution in [0, 0.1) is 11.6 Å². The first-order valence-electron chi connectivity index (χ1n) is 5.62. The topological polar surface area (TPSA) is 50.9 Å². The molecule has 0 aliphatic rings. The van der Waals surface area contributed by atoms with Crippen LogP contribution in [0.5, 0.6) is 0 Å². The van der Waals surface area contributed by atoms with E-state index in [9.17, 15) is 8.78 Å². The standard InChI is InChI=1S/C13H12BrF2N3/c14-10-1-2-11(15)9(13(10)16)7-12(19-17)8-3-5-18-6-4-8/h1-6,12,19H,7,17H2. The average molecular weight is 328 g/mol. The number of hydrazine groups is 1. The monoisotopic (exact) mass is 327 g/mol. The van der Waals surface area contributed by atoms with Crippen LogP contribution in [0.15, 0.2) is 41.1 Å². The van der Waals surface area contributed by atoms with Gasteiger partial charge in [-0.15, -0.1) is 0 Å². The summed E-state index contributed by atoms with van der Waals surface area (Å²) < 4.78 is 27.8. The number of nitrogens with zero attached hydrogens (tertiary/aromatic N) is 1. The maximum Gasteiger partial charge on any atom is 0.143 e. The Morgan fingerprint density at radius 2 is 1.89 bits per heavy atom. The lowest BCUT2D eigenvalue weighted by Crippen LogP contribution is -2.30. The van der Waals surface area contributed by atoms with Gasteiger partial charge in [-0.05, 0) is 52.2 Å². The smallest absolute Gasteiger partial charge is 0.143 e. The molecule has 1 aromatic carbocycles. The zero-order valence-electron chi connectivity index (χ0n) is 9.91. The third kappa shape index (κ3) is 3.15. The maximum absolute atomic E-state index is 13.9. The van der Waals surface area contributed by atoms with E-state index in [0.717, 1.165) is 5.56 Å². The first-order valence-corrected chi connectivity index (χ1v) is 6.41. The second kappa shape index (κ2) is 6.18. The summed E-state index contributed by atoms with van der Waals surface area (Å²) in [7, 11) is 0. The van der Waals surface area contributed by atoms with E-state index in [0.29, 0.717) is 0 Å². The molecule has 0 radical (unpaired) electrons. The number of hydrogen-bond donors (Lipinski definition) is 2. The molecule has 0 bridgehead atoms. The Balaban J connectivity index is 2.32. The summed E-state index contributed by atoms with van der Waals surface area (Å²) in [5, 5.41) is 0. The summed E-state index contributed by atoms with van der Waals surface area (Å²) in [5.74, 6) is 4.27. The molecule has 6 heteroatoms. The van der Waals surface area contributed by atoms with Gasteiger partial charge >= 0.3 is 0 Å². The highest BCUT2D eigenvalue weighted by molar-refractivity contribution is 9.10. The quantitative estimate of drug-likeness (QED) is 0.515. The van der Waals surface area contributed by atoms with E-state index in [4.69, 9.17) is 5.84 Å². The van der Waals surface area contributed by atoms with Crippen LogP contribution in [-0.4, -0.2) is 4.98 Å². The van der Waals surface area contributed by atoms with E-state index in [1.807, 2.05) is 0 Å². The molecule has 100 valence electrons. The molecule has 19 heavy (non-hydrogen) atoms. The second-order valence-electron chi connectivity index (χ2n) is 4.03. The van der Waals surface area contributed by atoms with Crippen LogP contribution >= 0.6 is 15.9 Å². The van der Waals surface area contributed by atoms with E-state index in [1.54, 1.807) is 24.5 Å². The van der Waals surface area contributed by atoms with Crippen molar-refractivity contribution in [1.29, 1.82) is 0 Å². The SMILES string of the molecule is NNC(Cc1c(F)ccc(Br)c1F)c1ccncc1. The minimum Gasteiger partial charge on any atom is -0.271 e. The number of pyridine rings is 1. The highest BCUT2D eigenvalue weighted by atomic mass is 79.9. The summed E-state index contributed by atoms with van der Waals surface area (Å²) in [6.07, 6.45) is 3.32. The van der Waals surface area contributed by atoms with Gasteiger partial charge in [0.05, 0.1) is 10.5 Å². The lowest BCUT2D eigenvalue weighted by Gasteiger charge is -2.17. The van der Waals surface area contributed by atoms with Crippen molar-refractivity contribution < 1.29 is 8.78 Å². The van der Waals surface area contributed by atoms with Gasteiger partial charge < -0.3 is 0 Å². The molecule has 0 aliphatic carbocycles. The summed E-state index contributed by atoms with van der Waals surface area (Å²) in [6.45, 7) is 0. The van der Waals surface area contributed by atoms with Gasteiger partial charge in [0.1, 0.15) is 11.6 Å². The number of halogens is 3. The molecule has 1 aromatic heterocycles. The van der Waals surface area contributed by atoms with Gasteiger partial charge in [-0.2, -0.15) is 0 Å². The zero-order valence-corrected chi connectivity index (χ0v) is 11.5. The Kier molecular flexibility index (Phi) is 4.57. The van der Waals surface area contributed by atoms with E-state index < -0.39 is 11.6 Å². The fraction of sp³-hybridized carbons (Fsp3) is 0.154. The molecule has 0 spiro atoms. The molecule has 0 amide bonds. The van der Waals surface area contributed by atoms with E-state index in [1.165, 1.54) is 12.1 Å². The van der Waals surface area contributed by atoms with Crippen molar-refractivity contribution >= 4 is 15.9 Å². The predicted molar refractivity (Wildman–Crippen MR) is 72.1 cm³/mol. The van der Waals surface area contributed by atoms with Gasteiger partial charge in [-0.25, -0.2) is 8.78 Å². The van der Waals surface area contributed by atoms with Crippen molar-refractivity contribution in [3.63, 3.8) is 0 Å². The van der Waals surface area contributed by atoms with Gasteiger partial charge in [-0.3, -0.25) is 16.3 Å². The van der Waals surface area contributed by atoms with Gasteiger partial charge in [-0.1, -0.05) is 0 Å². The summed E-state index contributed by atoms with van der Waals surface area (Å²) in [6, 6.07) is 5.67. The van der Waals surface area contributed by atoms with Crippen molar-refractivity contribution in [2.75, 3.05) is 0 Å². The summed E-state index contributed by atoms with van der Waals surface area (Å²) in [5.41, 5.74) is 3.37. The minimum atomic E-state index is -0.602. The van der Waals surface area contributed by atoms with E-state index >= 15 is 0 Å². The molecule has 0 fully saturated rings. The van der Waals surface area contributed by atoms with Gasteiger partial charge in [0.15, 0.2) is 0 Å². The van der Waals surface area contributed by atoms with Gasteiger partial charge in [0.25, 0.3) is 0 Å². The molecular weight excluding hydrogens is 316 g/mol. The summed E-state index contributed by atoms with van der Waals surface area (Å²) >= 11 is 3.04. The number of benzene rings is 1. The fourth-order valence-electron chi connectivity index (χ4n) is 1.83. The molecule has 0 saturated carbocycles. The van der Waals surface area contributed by atoms with Crippen LogP contribution in [0.2, 0.25) is 0 Å². The Morgan fingerprint density at radius 1 is 1.21 bits per heavy atom. The van der Waals surface area contributed by atoms with Crippen LogP contribution in [0.25, 0.3) is 0 Å². The maximum atomic E-state index is 13.9. The molecule has 3 nitrogen and oxygen atoms in total. The molecule has 0 aliphatic heterocycles. The molecule has 0 saturated heterocycles. The summed E-state index contributed by atoms with van der Waals surface area (Å²) in [4.78, 5) is 3.89. The lowest BCUT2D eigenvalue weighted by molar-refractivity contribution is 0.497. The normalized spacial score (nSPS) is 12.4. The number of nitrogens with two attached hydrogens (primary N) is 1. The largest absolute Gasteiger partial charge is 0.271 e. The highest BCUT2D eigenvalue weighted by Crippen LogP contribution is 2.26. The van der Waals surface area contributed by atoms with Crippen molar-refractivity contribution in [2.45, 2.75) is 12.5 Å². The number of hydrogen-bond acceptors (Lipinski definition) is 3. The van der Waals surface area contributed by atoms with E-state index in [2.05, 4.69) is 26.3 Å². The number of nitrogens with one attached hydrogen (secondary N) is 1. The average Bonchev–Trinajstić information content (AvgIpc) is 2.44. The van der Waals surface area contributed by atoms with Crippen molar-refractivity contribution in [3.8, 4) is 0 Å². The molecule has 1 atom stereocenters. The van der Waals surface area contributed by atoms with Gasteiger partial charge in [0, 0.05) is 18.0 Å². The van der Waals surface area contributed by atoms with Crippen molar-refractivity contribution in [2.24, 2.45) is 5.84 Å². The van der Waals surface area contributed by atoms with Crippen LogP contribution in [0.3, 0.4) is 0 Å². The zero-order chi connectivity index (χ0) is 13.8. The van der Waals surface area contributed by atoms with Crippen LogP contribution in [0.1, 0.15) is 17.2 Å². The molecule has 1 heterocycles. The van der Waals surface area contributed by atoms with Crippen LogP contribution < -0.4 is 11.3 Å². The third-order valence-corrected chi connectivity index (χ3v) is 3.47. The first kappa shape index (κ1) is 14.0. The highest BCUT2D eigenvalue weighted by Gasteiger charge is 2.18. The third-order valence-electron chi connectivity index (χ3n) is 2.86. The lowest BCUT2D eigenvalue weighted by atomic mass is 9.99.